The first-order valence-electron chi connectivity index (χ1n) is 13.4. The molecule has 0 saturated carbocycles. The molecule has 0 spiro atoms. The normalized spacial score (nSPS) is 16.0. The van der Waals surface area contributed by atoms with Gasteiger partial charge in [0.15, 0.2) is 0 Å². The van der Waals surface area contributed by atoms with Gasteiger partial charge < -0.3 is 19.9 Å². The molecule has 0 aliphatic carbocycles. The van der Waals surface area contributed by atoms with E-state index in [9.17, 15) is 18.8 Å². The summed E-state index contributed by atoms with van der Waals surface area (Å²) in [6, 6.07) is 15.1. The third-order valence-corrected chi connectivity index (χ3v) is 7.01. The molecule has 2 fully saturated rings. The van der Waals surface area contributed by atoms with Crippen LogP contribution >= 0.6 is 0 Å². The lowest BCUT2D eigenvalue weighted by Gasteiger charge is -2.46. The summed E-state index contributed by atoms with van der Waals surface area (Å²) in [6.07, 6.45) is 1.50. The number of urea groups is 2. The fourth-order valence-electron chi connectivity index (χ4n) is 4.78. The van der Waals surface area contributed by atoms with Gasteiger partial charge in [0, 0.05) is 63.3 Å². The first kappa shape index (κ1) is 28.0. The number of likely N-dealkylation sites (tertiary alicyclic amines) is 1. The maximum absolute atomic E-state index is 13.0. The molecule has 0 unspecified atom stereocenters. The molecule has 5 amide bonds. The van der Waals surface area contributed by atoms with E-state index in [1.807, 2.05) is 0 Å². The van der Waals surface area contributed by atoms with Crippen LogP contribution < -0.4 is 20.7 Å². The van der Waals surface area contributed by atoms with Gasteiger partial charge in [0.05, 0.1) is 6.42 Å². The zero-order chi connectivity index (χ0) is 28.8. The van der Waals surface area contributed by atoms with Crippen LogP contribution in [0.5, 0.6) is 11.5 Å². The summed E-state index contributed by atoms with van der Waals surface area (Å²) in [6.45, 7) is 5.23. The number of imide groups is 1. The molecule has 2 saturated heterocycles. The Balaban J connectivity index is 1.07. The number of anilines is 2. The maximum Gasteiger partial charge on any atom is 0.325 e. The van der Waals surface area contributed by atoms with Crippen LogP contribution in [0.1, 0.15) is 5.56 Å². The minimum Gasteiger partial charge on any atom is -0.457 e. The van der Waals surface area contributed by atoms with Gasteiger partial charge in [-0.1, -0.05) is 12.1 Å². The van der Waals surface area contributed by atoms with E-state index < -0.39 is 17.8 Å². The zero-order valence-electron chi connectivity index (χ0n) is 22.7. The summed E-state index contributed by atoms with van der Waals surface area (Å²) in [7, 11) is 2.12. The lowest BCUT2D eigenvalue weighted by atomic mass is 10.1. The van der Waals surface area contributed by atoms with E-state index >= 15 is 0 Å². The fourth-order valence-corrected chi connectivity index (χ4v) is 4.78. The van der Waals surface area contributed by atoms with Crippen molar-refractivity contribution in [1.29, 1.82) is 0 Å². The first-order valence-corrected chi connectivity index (χ1v) is 13.4. The van der Waals surface area contributed by atoms with E-state index in [1.165, 1.54) is 24.3 Å². The van der Waals surface area contributed by atoms with E-state index in [4.69, 9.17) is 4.74 Å². The Morgan fingerprint density at radius 3 is 2.32 bits per heavy atom. The molecule has 2 aromatic carbocycles. The van der Waals surface area contributed by atoms with Crippen molar-refractivity contribution in [3.05, 3.63) is 78.2 Å². The second-order valence-electron chi connectivity index (χ2n) is 10.1. The number of amides is 5. The fraction of sp³-hybridized carbons (Fsp3) is 0.310. The van der Waals surface area contributed by atoms with E-state index in [2.05, 4.69) is 37.8 Å². The molecule has 0 radical (unpaired) electrons. The lowest BCUT2D eigenvalue weighted by molar-refractivity contribution is -0.119. The van der Waals surface area contributed by atoms with Crippen LogP contribution in [0.15, 0.2) is 66.9 Å². The van der Waals surface area contributed by atoms with Gasteiger partial charge in [-0.05, 0) is 55.1 Å². The number of likely N-dealkylation sites (N-methyl/N-ethyl adjacent to an activating group) is 1. The number of rotatable bonds is 7. The number of halogens is 1. The SMILES string of the molecule is CN1CC(N2CCN(C(=O)Nc3cc(Oc4ccc(NC(=O)NC(=O)Cc5ccc(F)cc5)cc4)ccn3)CC2)C1. The van der Waals surface area contributed by atoms with Crippen molar-refractivity contribution >= 4 is 29.5 Å². The van der Waals surface area contributed by atoms with E-state index in [-0.39, 0.29) is 12.5 Å². The average molecular weight is 562 g/mol. The molecule has 214 valence electrons. The van der Waals surface area contributed by atoms with E-state index in [0.29, 0.717) is 47.7 Å². The number of nitrogens with zero attached hydrogens (tertiary/aromatic N) is 4. The number of piperazine rings is 1. The Bertz CT molecular complexity index is 1370. The largest absolute Gasteiger partial charge is 0.457 e. The number of benzene rings is 2. The number of carbonyl (C=O) groups excluding carboxylic acids is 3. The smallest absolute Gasteiger partial charge is 0.325 e. The van der Waals surface area contributed by atoms with Gasteiger partial charge in [0.1, 0.15) is 23.1 Å². The van der Waals surface area contributed by atoms with Gasteiger partial charge >= 0.3 is 12.1 Å². The highest BCUT2D eigenvalue weighted by molar-refractivity contribution is 6.01. The Labute approximate surface area is 237 Å². The third-order valence-electron chi connectivity index (χ3n) is 7.01. The molecule has 2 aliphatic heterocycles. The number of ether oxygens (including phenoxy) is 1. The van der Waals surface area contributed by atoms with Crippen LogP contribution in [-0.2, 0) is 11.2 Å². The molecule has 12 heteroatoms. The summed E-state index contributed by atoms with van der Waals surface area (Å²) < 4.78 is 18.9. The number of carbonyl (C=O) groups is 3. The van der Waals surface area contributed by atoms with Gasteiger partial charge in [0.2, 0.25) is 5.91 Å². The van der Waals surface area contributed by atoms with E-state index in [0.717, 1.165) is 26.2 Å². The Kier molecular flexibility index (Phi) is 8.70. The zero-order valence-corrected chi connectivity index (χ0v) is 22.7. The van der Waals surface area contributed by atoms with Crippen molar-refractivity contribution in [2.75, 3.05) is 56.9 Å². The Hall–Kier alpha value is -4.55. The topological polar surface area (TPSA) is 119 Å². The van der Waals surface area contributed by atoms with Crippen molar-refractivity contribution in [2.45, 2.75) is 12.5 Å². The molecule has 3 heterocycles. The summed E-state index contributed by atoms with van der Waals surface area (Å²) in [5.41, 5.74) is 1.05. The molecule has 41 heavy (non-hydrogen) atoms. The number of aromatic nitrogens is 1. The summed E-state index contributed by atoms with van der Waals surface area (Å²) in [5, 5.41) is 7.68. The van der Waals surface area contributed by atoms with Crippen LogP contribution in [0.25, 0.3) is 0 Å². The second kappa shape index (κ2) is 12.7. The first-order chi connectivity index (χ1) is 19.8. The summed E-state index contributed by atoms with van der Waals surface area (Å²) in [4.78, 5) is 47.8. The minimum absolute atomic E-state index is 0.0517. The molecule has 0 bridgehead atoms. The summed E-state index contributed by atoms with van der Waals surface area (Å²) in [5.74, 6) is 0.463. The Morgan fingerprint density at radius 1 is 0.927 bits per heavy atom. The minimum atomic E-state index is -0.683. The Morgan fingerprint density at radius 2 is 1.63 bits per heavy atom. The monoisotopic (exact) mass is 561 g/mol. The van der Waals surface area contributed by atoms with Crippen molar-refractivity contribution < 1.29 is 23.5 Å². The highest BCUT2D eigenvalue weighted by Gasteiger charge is 2.32. The van der Waals surface area contributed by atoms with Crippen LogP contribution in [0, 0.1) is 5.82 Å². The van der Waals surface area contributed by atoms with Gasteiger partial charge in [-0.3, -0.25) is 20.3 Å². The highest BCUT2D eigenvalue weighted by atomic mass is 19.1. The van der Waals surface area contributed by atoms with Gasteiger partial charge in [-0.25, -0.2) is 19.0 Å². The number of hydrogen-bond acceptors (Lipinski definition) is 7. The van der Waals surface area contributed by atoms with Crippen molar-refractivity contribution in [3.63, 3.8) is 0 Å². The van der Waals surface area contributed by atoms with Crippen LogP contribution in [0.4, 0.5) is 25.5 Å². The van der Waals surface area contributed by atoms with Gasteiger partial charge in [-0.15, -0.1) is 0 Å². The van der Waals surface area contributed by atoms with Gasteiger partial charge in [-0.2, -0.15) is 0 Å². The quantitative estimate of drug-likeness (QED) is 0.405. The van der Waals surface area contributed by atoms with Crippen molar-refractivity contribution in [3.8, 4) is 11.5 Å². The molecule has 3 N–H and O–H groups in total. The number of hydrogen-bond donors (Lipinski definition) is 3. The molecular formula is C29H32FN7O4. The average Bonchev–Trinajstić information content (AvgIpc) is 2.94. The van der Waals surface area contributed by atoms with Crippen molar-refractivity contribution in [1.82, 2.24) is 25.0 Å². The van der Waals surface area contributed by atoms with Crippen molar-refractivity contribution in [2.24, 2.45) is 0 Å². The summed E-state index contributed by atoms with van der Waals surface area (Å²) >= 11 is 0. The van der Waals surface area contributed by atoms with Crippen LogP contribution in [0.3, 0.4) is 0 Å². The highest BCUT2D eigenvalue weighted by Crippen LogP contribution is 2.25. The molecule has 2 aliphatic rings. The predicted octanol–water partition coefficient (Wildman–Crippen LogP) is 3.37. The van der Waals surface area contributed by atoms with Crippen LogP contribution in [-0.4, -0.2) is 90.0 Å². The molecular weight excluding hydrogens is 529 g/mol. The number of nitrogens with one attached hydrogen (secondary N) is 3. The standard InChI is InChI=1S/C29H32FN7O4/c1-35-18-23(19-35)36-12-14-37(15-13-36)29(40)33-26-17-25(10-11-31-26)41-24-8-6-22(7-9-24)32-28(39)34-27(38)16-20-2-4-21(30)5-3-20/h2-11,17,23H,12-16,18-19H2,1H3,(H,31,33,40)(H2,32,34,38,39). The third kappa shape index (κ3) is 7.77. The maximum atomic E-state index is 13.0. The molecule has 0 atom stereocenters. The number of pyridine rings is 1. The molecule has 3 aromatic rings. The predicted molar refractivity (Wildman–Crippen MR) is 151 cm³/mol. The molecule has 1 aromatic heterocycles. The van der Waals surface area contributed by atoms with E-state index in [1.54, 1.807) is 47.5 Å². The van der Waals surface area contributed by atoms with Gasteiger partial charge in [0.25, 0.3) is 0 Å². The lowest BCUT2D eigenvalue weighted by Crippen LogP contribution is -2.62. The molecule has 11 nitrogen and oxygen atoms in total. The second-order valence-corrected chi connectivity index (χ2v) is 10.1. The molecule has 5 rings (SSSR count). The van der Waals surface area contributed by atoms with Crippen LogP contribution in [0.2, 0.25) is 0 Å².